The van der Waals surface area contributed by atoms with E-state index in [1.807, 2.05) is 6.92 Å². The van der Waals surface area contributed by atoms with Crippen LogP contribution in [0.25, 0.3) is 0 Å². The Morgan fingerprint density at radius 1 is 0.727 bits per heavy atom. The molecule has 0 bridgehead atoms. The summed E-state index contributed by atoms with van der Waals surface area (Å²) in [5.74, 6) is -6.27. The van der Waals surface area contributed by atoms with Crippen LogP contribution in [0.5, 0.6) is 11.5 Å². The van der Waals surface area contributed by atoms with Crippen LogP contribution < -0.4 is 9.47 Å². The SMILES string of the molecule is CCOC1CCC(CCC2CCC(C(F)(F)OC3CCC(C(F)(F)Oc4cc(F)c(OC=C(F)F)c(F)c4)CC3)CC2)CC1. The Hall–Kier alpha value is -2.08. The number of alkyl halides is 4. The fourth-order valence-electron chi connectivity index (χ4n) is 6.97. The summed E-state index contributed by atoms with van der Waals surface area (Å²) >= 11 is 0. The van der Waals surface area contributed by atoms with Crippen LogP contribution in [-0.2, 0) is 9.47 Å². The van der Waals surface area contributed by atoms with Crippen LogP contribution in [0.1, 0.15) is 96.8 Å². The molecule has 0 saturated heterocycles. The Kier molecular flexibility index (Phi) is 12.2. The van der Waals surface area contributed by atoms with Crippen LogP contribution in [0.3, 0.4) is 0 Å². The van der Waals surface area contributed by atoms with Crippen molar-refractivity contribution in [2.24, 2.45) is 23.7 Å². The first-order valence-electron chi connectivity index (χ1n) is 15.8. The van der Waals surface area contributed by atoms with Crippen LogP contribution >= 0.6 is 0 Å². The summed E-state index contributed by atoms with van der Waals surface area (Å²) in [6.45, 7) is 2.76. The molecule has 4 nitrogen and oxygen atoms in total. The van der Waals surface area contributed by atoms with E-state index < -0.39 is 59.4 Å². The molecule has 0 amide bonds. The molecule has 3 aliphatic carbocycles. The van der Waals surface area contributed by atoms with Crippen molar-refractivity contribution in [2.75, 3.05) is 6.61 Å². The maximum absolute atomic E-state index is 15.1. The molecular weight excluding hydrogens is 600 g/mol. The molecule has 44 heavy (non-hydrogen) atoms. The average molecular weight is 643 g/mol. The second-order valence-corrected chi connectivity index (χ2v) is 12.5. The molecule has 1 aromatic rings. The zero-order valence-electron chi connectivity index (χ0n) is 25.0. The van der Waals surface area contributed by atoms with Gasteiger partial charge in [0.15, 0.2) is 23.6 Å². The number of hydrogen-bond acceptors (Lipinski definition) is 4. The highest BCUT2D eigenvalue weighted by Crippen LogP contribution is 2.45. The largest absolute Gasteiger partial charge is 0.453 e. The summed E-state index contributed by atoms with van der Waals surface area (Å²) in [4.78, 5) is 0. The van der Waals surface area contributed by atoms with Gasteiger partial charge in [-0.2, -0.15) is 26.3 Å². The molecule has 0 atom stereocenters. The highest BCUT2D eigenvalue weighted by Gasteiger charge is 2.48. The second kappa shape index (κ2) is 15.5. The molecule has 0 N–H and O–H groups in total. The fourth-order valence-corrected chi connectivity index (χ4v) is 6.97. The summed E-state index contributed by atoms with van der Waals surface area (Å²) in [7, 11) is 0. The molecule has 4 rings (SSSR count). The zero-order chi connectivity index (χ0) is 31.9. The fraction of sp³-hybridized carbons (Fsp3) is 0.750. The lowest BCUT2D eigenvalue weighted by atomic mass is 9.76. The van der Waals surface area contributed by atoms with E-state index in [-0.39, 0.29) is 31.9 Å². The van der Waals surface area contributed by atoms with E-state index in [1.54, 1.807) is 0 Å². The van der Waals surface area contributed by atoms with Gasteiger partial charge in [0.25, 0.3) is 0 Å². The zero-order valence-corrected chi connectivity index (χ0v) is 25.0. The van der Waals surface area contributed by atoms with Crippen molar-refractivity contribution < 1.29 is 54.1 Å². The molecule has 1 aromatic carbocycles. The quantitative estimate of drug-likeness (QED) is 0.159. The normalized spacial score (nSPS) is 28.4. The van der Waals surface area contributed by atoms with Gasteiger partial charge in [0.05, 0.1) is 24.0 Å². The van der Waals surface area contributed by atoms with Crippen LogP contribution in [0.15, 0.2) is 24.5 Å². The second-order valence-electron chi connectivity index (χ2n) is 12.5. The van der Waals surface area contributed by atoms with Crippen LogP contribution in [0, 0.1) is 35.3 Å². The van der Waals surface area contributed by atoms with Gasteiger partial charge in [-0.3, -0.25) is 0 Å². The average Bonchev–Trinajstić information content (AvgIpc) is 2.96. The monoisotopic (exact) mass is 642 g/mol. The lowest BCUT2D eigenvalue weighted by molar-refractivity contribution is -0.306. The molecule has 0 aromatic heterocycles. The number of halogens is 8. The van der Waals surface area contributed by atoms with E-state index in [0.29, 0.717) is 42.9 Å². The van der Waals surface area contributed by atoms with Crippen molar-refractivity contribution in [2.45, 2.75) is 121 Å². The molecule has 3 saturated carbocycles. The molecule has 3 aliphatic rings. The Balaban J connectivity index is 1.18. The molecule has 0 spiro atoms. The molecule has 0 aliphatic heterocycles. The number of benzene rings is 1. The van der Waals surface area contributed by atoms with E-state index in [4.69, 9.17) is 9.47 Å². The molecule has 0 radical (unpaired) electrons. The van der Waals surface area contributed by atoms with Crippen LogP contribution in [-0.4, -0.2) is 31.0 Å². The molecule has 3 fully saturated rings. The third-order valence-electron chi connectivity index (χ3n) is 9.47. The summed E-state index contributed by atoms with van der Waals surface area (Å²) < 4.78 is 132. The highest BCUT2D eigenvalue weighted by molar-refractivity contribution is 5.35. The Labute approximate surface area is 253 Å². The van der Waals surface area contributed by atoms with E-state index in [1.165, 1.54) is 0 Å². The van der Waals surface area contributed by atoms with E-state index in [9.17, 15) is 26.3 Å². The van der Waals surface area contributed by atoms with Crippen molar-refractivity contribution in [3.8, 4) is 11.5 Å². The molecule has 0 unspecified atom stereocenters. The van der Waals surface area contributed by atoms with Crippen LogP contribution in [0.4, 0.5) is 35.1 Å². The maximum Gasteiger partial charge on any atom is 0.400 e. The van der Waals surface area contributed by atoms with Gasteiger partial charge in [0.1, 0.15) is 5.75 Å². The van der Waals surface area contributed by atoms with E-state index in [2.05, 4.69) is 9.47 Å². The Bertz CT molecular complexity index is 1050. The van der Waals surface area contributed by atoms with E-state index in [0.717, 1.165) is 58.0 Å². The summed E-state index contributed by atoms with van der Waals surface area (Å²) in [5.41, 5.74) is 0. The minimum atomic E-state index is -3.86. The van der Waals surface area contributed by atoms with Gasteiger partial charge in [-0.15, -0.1) is 0 Å². The molecular formula is C32H42F8O4. The number of ether oxygens (including phenoxy) is 4. The summed E-state index contributed by atoms with van der Waals surface area (Å²) in [5, 5.41) is 0. The first-order valence-corrected chi connectivity index (χ1v) is 15.8. The standard InChI is InChI=1S/C32H42F8O4/c1-2-41-24-13-7-21(8-14-24)4-3-20-5-9-22(10-6-20)31(37,38)43-25-15-11-23(12-16-25)32(39,40)44-26-17-27(33)30(28(34)18-26)42-19-29(35)36/h17-25H,2-16H2,1H3. The van der Waals surface area contributed by atoms with Crippen molar-refractivity contribution in [1.29, 1.82) is 0 Å². The minimum absolute atomic E-state index is 0.0449. The molecule has 0 heterocycles. The Morgan fingerprint density at radius 3 is 1.73 bits per heavy atom. The van der Waals surface area contributed by atoms with Gasteiger partial charge < -0.3 is 18.9 Å². The molecule has 12 heteroatoms. The highest BCUT2D eigenvalue weighted by atomic mass is 19.3. The third-order valence-corrected chi connectivity index (χ3v) is 9.47. The predicted octanol–water partition coefficient (Wildman–Crippen LogP) is 10.4. The summed E-state index contributed by atoms with van der Waals surface area (Å²) in [6, 6.07) is 0.794. The van der Waals surface area contributed by atoms with Crippen molar-refractivity contribution in [3.63, 3.8) is 0 Å². The molecule has 250 valence electrons. The van der Waals surface area contributed by atoms with Gasteiger partial charge in [0, 0.05) is 18.7 Å². The first-order chi connectivity index (χ1) is 20.9. The number of rotatable bonds is 13. The predicted molar refractivity (Wildman–Crippen MR) is 147 cm³/mol. The lowest BCUT2D eigenvalue weighted by Gasteiger charge is -2.38. The van der Waals surface area contributed by atoms with Crippen molar-refractivity contribution in [3.05, 3.63) is 36.1 Å². The smallest absolute Gasteiger partial charge is 0.400 e. The maximum atomic E-state index is 15.1. The van der Waals surface area contributed by atoms with Gasteiger partial charge in [-0.05, 0) is 95.8 Å². The van der Waals surface area contributed by atoms with Crippen molar-refractivity contribution in [1.82, 2.24) is 0 Å². The number of hydrogen-bond donors (Lipinski definition) is 0. The van der Waals surface area contributed by atoms with Crippen molar-refractivity contribution >= 4 is 0 Å². The van der Waals surface area contributed by atoms with Crippen LogP contribution in [0.2, 0.25) is 0 Å². The van der Waals surface area contributed by atoms with Gasteiger partial charge >= 0.3 is 18.3 Å². The third kappa shape index (κ3) is 9.71. The van der Waals surface area contributed by atoms with Gasteiger partial charge in [0.2, 0.25) is 0 Å². The van der Waals surface area contributed by atoms with Gasteiger partial charge in [-0.25, -0.2) is 8.78 Å². The topological polar surface area (TPSA) is 36.9 Å². The summed E-state index contributed by atoms with van der Waals surface area (Å²) in [6.07, 6.45) is -1.87. The van der Waals surface area contributed by atoms with E-state index >= 15 is 8.78 Å². The first kappa shape index (κ1) is 34.8. The lowest BCUT2D eigenvalue weighted by Crippen LogP contribution is -2.42. The minimum Gasteiger partial charge on any atom is -0.453 e. The Morgan fingerprint density at radius 2 is 1.20 bits per heavy atom. The van der Waals surface area contributed by atoms with Gasteiger partial charge in [-0.1, -0.05) is 12.8 Å².